The summed E-state index contributed by atoms with van der Waals surface area (Å²) < 4.78 is 28.7. The van der Waals surface area contributed by atoms with Crippen LogP contribution in [-0.2, 0) is 9.84 Å². The maximum absolute atomic E-state index is 12.4. The fraction of sp³-hybridized carbons (Fsp3) is 0.300. The van der Waals surface area contributed by atoms with Gasteiger partial charge in [0.05, 0.1) is 24.2 Å². The van der Waals surface area contributed by atoms with Gasteiger partial charge in [0.25, 0.3) is 5.91 Å². The van der Waals surface area contributed by atoms with Crippen LogP contribution < -0.4 is 15.4 Å². The molecule has 0 unspecified atom stereocenters. The zero-order chi connectivity index (χ0) is 20.4. The van der Waals surface area contributed by atoms with Crippen molar-refractivity contribution in [1.82, 2.24) is 0 Å². The molecule has 2 aliphatic heterocycles. The van der Waals surface area contributed by atoms with E-state index in [0.29, 0.717) is 17.9 Å². The molecule has 2 heterocycles. The molecule has 0 radical (unpaired) electrons. The predicted molar refractivity (Wildman–Crippen MR) is 117 cm³/mol. The minimum Gasteiger partial charge on any atom is -0.494 e. The lowest BCUT2D eigenvalue weighted by Gasteiger charge is -2.09. The van der Waals surface area contributed by atoms with Gasteiger partial charge in [-0.15, -0.1) is 0 Å². The normalized spacial score (nSPS) is 21.9. The Labute approximate surface area is 173 Å². The standard InChI is InChI=1S/C20H21N3O4S2/c1-2-27-16-9-7-14(8-10-16)21-19(24)13-3-5-15(6-4-13)22-20-23-17-11-29(25,26)12-18(17)28-20/h3-10,17-18H,2,11-12H2,1H3,(H,21,24)(H,22,23)/t17-,18-/m1/s1. The fourth-order valence-electron chi connectivity index (χ4n) is 3.25. The van der Waals surface area contributed by atoms with Gasteiger partial charge < -0.3 is 15.4 Å². The number of ether oxygens (including phenoxy) is 1. The van der Waals surface area contributed by atoms with Crippen LogP contribution in [0.3, 0.4) is 0 Å². The maximum atomic E-state index is 12.4. The number of thioether (sulfide) groups is 1. The van der Waals surface area contributed by atoms with Crippen molar-refractivity contribution in [3.8, 4) is 5.75 Å². The highest BCUT2D eigenvalue weighted by Crippen LogP contribution is 2.34. The molecule has 1 fully saturated rings. The van der Waals surface area contributed by atoms with Gasteiger partial charge >= 0.3 is 0 Å². The van der Waals surface area contributed by atoms with E-state index in [2.05, 4.69) is 15.6 Å². The Morgan fingerprint density at radius 2 is 1.79 bits per heavy atom. The van der Waals surface area contributed by atoms with E-state index in [-0.39, 0.29) is 28.7 Å². The number of sulfone groups is 1. The van der Waals surface area contributed by atoms with E-state index < -0.39 is 9.84 Å². The summed E-state index contributed by atoms with van der Waals surface area (Å²) in [5.41, 5.74) is 2.03. The first-order chi connectivity index (χ1) is 13.9. The van der Waals surface area contributed by atoms with Crippen LogP contribution in [-0.4, -0.2) is 48.9 Å². The first-order valence-corrected chi connectivity index (χ1v) is 12.0. The number of amidine groups is 1. The quantitative estimate of drug-likeness (QED) is 0.755. The van der Waals surface area contributed by atoms with Crippen LogP contribution in [0.25, 0.3) is 0 Å². The van der Waals surface area contributed by atoms with Crippen LogP contribution in [0.5, 0.6) is 5.75 Å². The summed E-state index contributed by atoms with van der Waals surface area (Å²) in [5, 5.41) is 6.78. The van der Waals surface area contributed by atoms with Crippen LogP contribution in [0, 0.1) is 0 Å². The number of aliphatic imine (C=N–C) groups is 1. The summed E-state index contributed by atoms with van der Waals surface area (Å²) in [4.78, 5) is 16.9. The minimum absolute atomic E-state index is 0.00154. The average Bonchev–Trinajstić information content (AvgIpc) is 3.16. The highest BCUT2D eigenvalue weighted by Gasteiger charge is 2.42. The fourth-order valence-corrected chi connectivity index (χ4v) is 6.92. The second-order valence-electron chi connectivity index (χ2n) is 6.85. The molecule has 7 nitrogen and oxygen atoms in total. The Morgan fingerprint density at radius 3 is 2.45 bits per heavy atom. The Balaban J connectivity index is 1.35. The number of hydrogen-bond donors (Lipinski definition) is 2. The Hall–Kier alpha value is -2.52. The number of carbonyl (C=O) groups is 1. The SMILES string of the molecule is CCOc1ccc(NC(=O)c2ccc(NC3=N[C@@H]4CS(=O)(=O)C[C@H]4S3)cc2)cc1. The number of rotatable bonds is 5. The molecule has 2 aromatic rings. The molecule has 152 valence electrons. The van der Waals surface area contributed by atoms with Gasteiger partial charge in [-0.2, -0.15) is 0 Å². The summed E-state index contributed by atoms with van der Waals surface area (Å²) in [7, 11) is -2.96. The van der Waals surface area contributed by atoms with Gasteiger partial charge in [-0.3, -0.25) is 9.79 Å². The van der Waals surface area contributed by atoms with Gasteiger partial charge in [-0.1, -0.05) is 11.8 Å². The number of hydrogen-bond acceptors (Lipinski definition) is 7. The molecular formula is C20H21N3O4S2. The minimum atomic E-state index is -2.96. The number of nitrogens with one attached hydrogen (secondary N) is 2. The van der Waals surface area contributed by atoms with Gasteiger partial charge in [0.1, 0.15) is 5.75 Å². The first kappa shape index (κ1) is 19.8. The summed E-state index contributed by atoms with van der Waals surface area (Å²) in [6.45, 7) is 2.51. The summed E-state index contributed by atoms with van der Waals surface area (Å²) in [6, 6.07) is 14.1. The van der Waals surface area contributed by atoms with E-state index >= 15 is 0 Å². The molecule has 0 spiro atoms. The third kappa shape index (κ3) is 4.73. The third-order valence-corrected chi connectivity index (χ3v) is 7.78. The Kier molecular flexibility index (Phi) is 5.51. The largest absolute Gasteiger partial charge is 0.494 e. The molecule has 2 N–H and O–H groups in total. The highest BCUT2D eigenvalue weighted by atomic mass is 32.2. The molecule has 0 saturated carbocycles. The van der Waals surface area contributed by atoms with Crippen LogP contribution in [0.1, 0.15) is 17.3 Å². The topological polar surface area (TPSA) is 96.9 Å². The van der Waals surface area contributed by atoms with Crippen molar-refractivity contribution in [3.05, 3.63) is 54.1 Å². The second kappa shape index (κ2) is 8.08. The van der Waals surface area contributed by atoms with Gasteiger partial charge in [0.15, 0.2) is 15.0 Å². The van der Waals surface area contributed by atoms with E-state index in [1.807, 2.05) is 19.1 Å². The molecule has 0 aliphatic carbocycles. The van der Waals surface area contributed by atoms with Crippen LogP contribution in [0.4, 0.5) is 11.4 Å². The van der Waals surface area contributed by atoms with Crippen molar-refractivity contribution in [2.45, 2.75) is 18.2 Å². The van der Waals surface area contributed by atoms with Crippen LogP contribution in [0.2, 0.25) is 0 Å². The van der Waals surface area contributed by atoms with Crippen molar-refractivity contribution < 1.29 is 17.9 Å². The van der Waals surface area contributed by atoms with E-state index in [1.54, 1.807) is 36.4 Å². The van der Waals surface area contributed by atoms with Gasteiger partial charge in [0, 0.05) is 22.2 Å². The zero-order valence-corrected chi connectivity index (χ0v) is 17.4. The molecule has 2 atom stereocenters. The molecule has 1 amide bonds. The van der Waals surface area contributed by atoms with Crippen molar-refractivity contribution in [3.63, 3.8) is 0 Å². The second-order valence-corrected chi connectivity index (χ2v) is 10.2. The molecule has 2 aromatic carbocycles. The van der Waals surface area contributed by atoms with Gasteiger partial charge in [-0.05, 0) is 55.5 Å². The highest BCUT2D eigenvalue weighted by molar-refractivity contribution is 8.15. The van der Waals surface area contributed by atoms with E-state index in [9.17, 15) is 13.2 Å². The molecule has 0 aromatic heterocycles. The number of anilines is 2. The summed E-state index contributed by atoms with van der Waals surface area (Å²) >= 11 is 1.47. The number of amides is 1. The monoisotopic (exact) mass is 431 g/mol. The van der Waals surface area contributed by atoms with E-state index in [1.165, 1.54) is 11.8 Å². The van der Waals surface area contributed by atoms with Crippen molar-refractivity contribution in [2.24, 2.45) is 4.99 Å². The van der Waals surface area contributed by atoms with Crippen LogP contribution in [0.15, 0.2) is 53.5 Å². The molecule has 0 bridgehead atoms. The predicted octanol–water partition coefficient (Wildman–Crippen LogP) is 3.02. The number of fused-ring (bicyclic) bond motifs is 1. The lowest BCUT2D eigenvalue weighted by molar-refractivity contribution is 0.102. The molecule has 29 heavy (non-hydrogen) atoms. The number of nitrogens with zero attached hydrogens (tertiary/aromatic N) is 1. The average molecular weight is 432 g/mol. The Bertz CT molecular complexity index is 1030. The molecule has 9 heteroatoms. The molecular weight excluding hydrogens is 410 g/mol. The number of benzene rings is 2. The molecule has 2 aliphatic rings. The van der Waals surface area contributed by atoms with Crippen molar-refractivity contribution >= 4 is 44.0 Å². The third-order valence-electron chi connectivity index (χ3n) is 4.64. The van der Waals surface area contributed by atoms with E-state index in [4.69, 9.17) is 4.74 Å². The Morgan fingerprint density at radius 1 is 1.10 bits per heavy atom. The maximum Gasteiger partial charge on any atom is 0.255 e. The summed E-state index contributed by atoms with van der Waals surface area (Å²) in [6.07, 6.45) is 0. The van der Waals surface area contributed by atoms with Gasteiger partial charge in [0.2, 0.25) is 0 Å². The first-order valence-electron chi connectivity index (χ1n) is 9.28. The molecule has 4 rings (SSSR count). The lowest BCUT2D eigenvalue weighted by Crippen LogP contribution is -2.13. The number of carbonyl (C=O) groups excluding carboxylic acids is 1. The van der Waals surface area contributed by atoms with Gasteiger partial charge in [-0.25, -0.2) is 8.42 Å². The van der Waals surface area contributed by atoms with Crippen LogP contribution >= 0.6 is 11.8 Å². The summed E-state index contributed by atoms with van der Waals surface area (Å²) in [5.74, 6) is 0.866. The lowest BCUT2D eigenvalue weighted by atomic mass is 10.2. The molecule has 1 saturated heterocycles. The zero-order valence-electron chi connectivity index (χ0n) is 15.8. The smallest absolute Gasteiger partial charge is 0.255 e. The van der Waals surface area contributed by atoms with Crippen molar-refractivity contribution in [2.75, 3.05) is 28.7 Å². The van der Waals surface area contributed by atoms with E-state index in [0.717, 1.165) is 16.6 Å². The van der Waals surface area contributed by atoms with Crippen molar-refractivity contribution in [1.29, 1.82) is 0 Å².